The molecular weight excluding hydrogens is 997 g/mol. The van der Waals surface area contributed by atoms with E-state index in [0.717, 1.165) is 103 Å². The molecule has 0 radical (unpaired) electrons. The van der Waals surface area contributed by atoms with E-state index >= 15 is 0 Å². The lowest BCUT2D eigenvalue weighted by Crippen LogP contribution is -2.30. The van der Waals surface area contributed by atoms with E-state index in [1.54, 1.807) is 0 Å². The van der Waals surface area contributed by atoms with Crippen molar-refractivity contribution in [2.75, 3.05) is 13.2 Å². The topological polar surface area (TPSA) is 78.9 Å². The van der Waals surface area contributed by atoms with Gasteiger partial charge in [-0.2, -0.15) is 0 Å². The number of carbonyl (C=O) groups excluding carboxylic acids is 3. The van der Waals surface area contributed by atoms with Crippen LogP contribution in [-0.4, -0.2) is 37.2 Å². The van der Waals surface area contributed by atoms with Gasteiger partial charge in [-0.3, -0.25) is 14.4 Å². The molecule has 1 atom stereocenters. The van der Waals surface area contributed by atoms with Gasteiger partial charge in [-0.1, -0.05) is 305 Å². The summed E-state index contributed by atoms with van der Waals surface area (Å²) >= 11 is 0. The second-order valence-corrected chi connectivity index (χ2v) is 23.4. The van der Waals surface area contributed by atoms with Crippen LogP contribution in [0.1, 0.15) is 355 Å². The molecule has 468 valence electrons. The summed E-state index contributed by atoms with van der Waals surface area (Å²) < 4.78 is 17.0. The van der Waals surface area contributed by atoms with Crippen molar-refractivity contribution < 1.29 is 28.6 Å². The molecule has 6 heteroatoms. The molecule has 81 heavy (non-hydrogen) atoms. The van der Waals surface area contributed by atoms with Crippen molar-refractivity contribution in [2.24, 2.45) is 0 Å². The Labute approximate surface area is 503 Å². The average molecular weight is 1130 g/mol. The van der Waals surface area contributed by atoms with Gasteiger partial charge in [-0.25, -0.2) is 0 Å². The Kier molecular flexibility index (Phi) is 66.2. The lowest BCUT2D eigenvalue weighted by Gasteiger charge is -2.18. The molecule has 6 nitrogen and oxygen atoms in total. The normalized spacial score (nSPS) is 12.6. The average Bonchev–Trinajstić information content (AvgIpc) is 3.47. The summed E-state index contributed by atoms with van der Waals surface area (Å²) in [4.78, 5) is 38.4. The maximum absolute atomic E-state index is 12.9. The van der Waals surface area contributed by atoms with Crippen molar-refractivity contribution in [2.45, 2.75) is 361 Å². The fraction of sp³-hybridized carbons (Fsp3) is 0.773. The van der Waals surface area contributed by atoms with Gasteiger partial charge in [0, 0.05) is 19.3 Å². The van der Waals surface area contributed by atoms with Crippen LogP contribution >= 0.6 is 0 Å². The molecule has 0 heterocycles. The summed E-state index contributed by atoms with van der Waals surface area (Å²) in [5.74, 6) is -0.896. The SMILES string of the molecule is CC/C=C\C/C=C\C/C=C\C/C=C\CCCCCCC(=O)OCC(COC(=O)CCCCCCCCCCCCCCCCC/C=C\CCCCCCCCCC)OC(=O)CCCCCCCCCCC/C=C\C/C=C\CCCCC. The summed E-state index contributed by atoms with van der Waals surface area (Å²) in [6, 6.07) is 0. The van der Waals surface area contributed by atoms with Crippen LogP contribution in [0.25, 0.3) is 0 Å². The van der Waals surface area contributed by atoms with Crippen LogP contribution in [0.4, 0.5) is 0 Å². The molecule has 0 N–H and O–H groups in total. The standard InChI is InChI=1S/C75H132O6/c1-4-7-10-13-16-19-22-25-28-31-33-34-35-36-37-38-39-40-42-44-47-50-53-56-59-62-65-68-74(77)80-71-72(70-79-73(76)67-64-61-58-55-52-49-46-43-30-27-24-21-18-15-12-9-6-3)81-75(78)69-66-63-60-57-54-51-48-45-41-32-29-26-23-20-17-14-11-8-5-2/h9,12,17-18,20-21,26-27,29-31,33,46,49,72H,4-8,10-11,13-16,19,22-25,28,32,34-45,47-48,50-71H2,1-3H3/b12-9-,20-17-,21-18-,29-26-,30-27-,33-31-,49-46-. The van der Waals surface area contributed by atoms with Crippen LogP contribution in [0.3, 0.4) is 0 Å². The zero-order valence-electron chi connectivity index (χ0n) is 53.8. The van der Waals surface area contributed by atoms with Gasteiger partial charge in [0.15, 0.2) is 6.10 Å². The van der Waals surface area contributed by atoms with Crippen LogP contribution in [0.15, 0.2) is 85.1 Å². The molecule has 0 amide bonds. The zero-order chi connectivity index (χ0) is 58.5. The van der Waals surface area contributed by atoms with E-state index in [-0.39, 0.29) is 31.1 Å². The quantitative estimate of drug-likeness (QED) is 0.0261. The molecule has 0 bridgehead atoms. The summed E-state index contributed by atoms with van der Waals surface area (Å²) in [5, 5.41) is 0. The molecule has 0 spiro atoms. The largest absolute Gasteiger partial charge is 0.462 e. The van der Waals surface area contributed by atoms with Gasteiger partial charge in [0.25, 0.3) is 0 Å². The highest BCUT2D eigenvalue weighted by Crippen LogP contribution is 2.17. The predicted octanol–water partition coefficient (Wildman–Crippen LogP) is 24.2. The van der Waals surface area contributed by atoms with Crippen LogP contribution in [-0.2, 0) is 28.6 Å². The van der Waals surface area contributed by atoms with Crippen molar-refractivity contribution >= 4 is 17.9 Å². The number of esters is 3. The Morgan fingerprint density at radius 1 is 0.259 bits per heavy atom. The Morgan fingerprint density at radius 3 is 0.790 bits per heavy atom. The minimum atomic E-state index is -0.791. The second-order valence-electron chi connectivity index (χ2n) is 23.4. The van der Waals surface area contributed by atoms with Crippen molar-refractivity contribution in [3.63, 3.8) is 0 Å². The number of unbranched alkanes of at least 4 members (excludes halogenated alkanes) is 39. The fourth-order valence-electron chi connectivity index (χ4n) is 10.1. The molecule has 0 aromatic heterocycles. The van der Waals surface area contributed by atoms with Crippen LogP contribution in [0, 0.1) is 0 Å². The number of allylic oxidation sites excluding steroid dienone is 14. The first-order valence-electron chi connectivity index (χ1n) is 35.1. The van der Waals surface area contributed by atoms with E-state index < -0.39 is 6.10 Å². The molecule has 0 saturated heterocycles. The van der Waals surface area contributed by atoms with Crippen molar-refractivity contribution in [3.8, 4) is 0 Å². The molecular formula is C75H132O6. The maximum atomic E-state index is 12.9. The van der Waals surface area contributed by atoms with Gasteiger partial charge in [0.2, 0.25) is 0 Å². The highest BCUT2D eigenvalue weighted by Gasteiger charge is 2.19. The van der Waals surface area contributed by atoms with Gasteiger partial charge in [-0.15, -0.1) is 0 Å². The number of hydrogen-bond donors (Lipinski definition) is 0. The van der Waals surface area contributed by atoms with Crippen molar-refractivity contribution in [1.29, 1.82) is 0 Å². The molecule has 0 fully saturated rings. The number of ether oxygens (including phenoxy) is 3. The predicted molar refractivity (Wildman–Crippen MR) is 353 cm³/mol. The second kappa shape index (κ2) is 69.1. The van der Waals surface area contributed by atoms with Crippen LogP contribution in [0.5, 0.6) is 0 Å². The molecule has 0 saturated carbocycles. The van der Waals surface area contributed by atoms with Gasteiger partial charge < -0.3 is 14.2 Å². The monoisotopic (exact) mass is 1130 g/mol. The van der Waals surface area contributed by atoms with E-state index in [1.165, 1.54) is 212 Å². The first kappa shape index (κ1) is 77.6. The first-order valence-corrected chi connectivity index (χ1v) is 35.1. The minimum absolute atomic E-state index is 0.0840. The van der Waals surface area contributed by atoms with Gasteiger partial charge in [0.1, 0.15) is 13.2 Å². The van der Waals surface area contributed by atoms with Crippen molar-refractivity contribution in [3.05, 3.63) is 85.1 Å². The van der Waals surface area contributed by atoms with E-state index in [2.05, 4.69) is 106 Å². The highest BCUT2D eigenvalue weighted by molar-refractivity contribution is 5.71. The third kappa shape index (κ3) is 67.3. The van der Waals surface area contributed by atoms with Crippen LogP contribution in [0.2, 0.25) is 0 Å². The van der Waals surface area contributed by atoms with E-state index in [1.807, 2.05) is 0 Å². The molecule has 0 aromatic carbocycles. The summed E-state index contributed by atoms with van der Waals surface area (Å²) in [6.07, 6.45) is 91.8. The van der Waals surface area contributed by atoms with E-state index in [4.69, 9.17) is 14.2 Å². The van der Waals surface area contributed by atoms with Crippen LogP contribution < -0.4 is 0 Å². The summed E-state index contributed by atoms with van der Waals surface area (Å²) in [7, 11) is 0. The first-order chi connectivity index (χ1) is 40.0. The smallest absolute Gasteiger partial charge is 0.306 e. The zero-order valence-corrected chi connectivity index (χ0v) is 53.8. The Bertz CT molecular complexity index is 1530. The molecule has 0 aliphatic rings. The molecule has 0 aliphatic carbocycles. The van der Waals surface area contributed by atoms with Gasteiger partial charge >= 0.3 is 17.9 Å². The number of rotatable bonds is 64. The van der Waals surface area contributed by atoms with E-state index in [9.17, 15) is 14.4 Å². The Balaban J connectivity index is 4.32. The van der Waals surface area contributed by atoms with Crippen molar-refractivity contribution in [1.82, 2.24) is 0 Å². The number of carbonyl (C=O) groups is 3. The molecule has 0 aromatic rings. The number of hydrogen-bond acceptors (Lipinski definition) is 6. The summed E-state index contributed by atoms with van der Waals surface area (Å²) in [5.41, 5.74) is 0. The summed E-state index contributed by atoms with van der Waals surface area (Å²) in [6.45, 7) is 6.53. The van der Waals surface area contributed by atoms with E-state index in [0.29, 0.717) is 19.3 Å². The molecule has 1 unspecified atom stereocenters. The van der Waals surface area contributed by atoms with Gasteiger partial charge in [0.05, 0.1) is 0 Å². The fourth-order valence-corrected chi connectivity index (χ4v) is 10.1. The third-order valence-corrected chi connectivity index (χ3v) is 15.4. The maximum Gasteiger partial charge on any atom is 0.306 e. The Morgan fingerprint density at radius 2 is 0.481 bits per heavy atom. The third-order valence-electron chi connectivity index (χ3n) is 15.4. The minimum Gasteiger partial charge on any atom is -0.462 e. The lowest BCUT2D eigenvalue weighted by atomic mass is 10.0. The lowest BCUT2D eigenvalue weighted by molar-refractivity contribution is -0.167. The Hall–Kier alpha value is -3.41. The highest BCUT2D eigenvalue weighted by atomic mass is 16.6. The molecule has 0 aliphatic heterocycles. The van der Waals surface area contributed by atoms with Gasteiger partial charge in [-0.05, 0) is 116 Å². The molecule has 0 rings (SSSR count).